The van der Waals surface area contributed by atoms with E-state index in [4.69, 9.17) is 0 Å². The molecule has 0 rings (SSSR count). The molecule has 0 atom stereocenters. The third-order valence-corrected chi connectivity index (χ3v) is 1.06. The second-order valence-corrected chi connectivity index (χ2v) is 2.00. The summed E-state index contributed by atoms with van der Waals surface area (Å²) < 4.78 is 0. The van der Waals surface area contributed by atoms with Gasteiger partial charge in [-0.05, 0) is 25.9 Å². The minimum atomic E-state index is 0.566. The van der Waals surface area contributed by atoms with Crippen molar-refractivity contribution in [2.45, 2.75) is 26.2 Å². The largest absolute Gasteiger partial charge is 0.317 e. The fourth-order valence-electron chi connectivity index (χ4n) is 0.587. The van der Waals surface area contributed by atoms with Crippen LogP contribution >= 0.6 is 0 Å². The van der Waals surface area contributed by atoms with E-state index in [1.807, 2.05) is 6.29 Å². The molecule has 53 valence electrons. The summed E-state index contributed by atoms with van der Waals surface area (Å²) >= 11 is 0. The number of carbonyl (C=O) groups excluding carboxylic acids is 1. The number of hydrogen-bond acceptors (Lipinski definition) is 2. The zero-order valence-electron chi connectivity index (χ0n) is 5.94. The van der Waals surface area contributed by atoms with Gasteiger partial charge in [0, 0.05) is 6.42 Å². The first-order valence-corrected chi connectivity index (χ1v) is 3.47. The first kappa shape index (κ1) is 8.63. The molecule has 0 fully saturated rings. The summed E-state index contributed by atoms with van der Waals surface area (Å²) in [5.41, 5.74) is 0. The highest BCUT2D eigenvalue weighted by Crippen LogP contribution is 1.80. The van der Waals surface area contributed by atoms with Crippen molar-refractivity contribution >= 4 is 6.29 Å². The average molecular weight is 128 g/mol. The Morgan fingerprint density at radius 2 is 2.22 bits per heavy atom. The maximum atomic E-state index is 9.68. The molecule has 0 aliphatic carbocycles. The summed E-state index contributed by atoms with van der Waals surface area (Å²) in [4.78, 5) is 9.68. The molecule has 0 aliphatic rings. The molecule has 0 saturated carbocycles. The van der Waals surface area contributed by atoms with Crippen LogP contribution in [0.5, 0.6) is 0 Å². The Kier molecular flexibility index (Phi) is 7.32. The number of nitrogens with one attached hydrogen (secondary N) is 1. The van der Waals surface area contributed by atoms with Crippen molar-refractivity contribution in [1.29, 1.82) is 0 Å². The fourth-order valence-corrected chi connectivity index (χ4v) is 0.587. The lowest BCUT2D eigenvalue weighted by Crippen LogP contribution is -2.15. The van der Waals surface area contributed by atoms with E-state index >= 15 is 0 Å². The van der Waals surface area contributed by atoms with Crippen LogP contribution in [0, 0.1) is 0 Å². The Bertz CT molecular complexity index is 63.9. The first-order valence-electron chi connectivity index (χ1n) is 3.47. The highest BCUT2D eigenvalue weighted by atomic mass is 16.1. The van der Waals surface area contributed by atoms with E-state index in [1.54, 1.807) is 0 Å². The van der Waals surface area contributed by atoms with Gasteiger partial charge in [-0.25, -0.2) is 0 Å². The molecule has 0 saturated heterocycles. The third kappa shape index (κ3) is 7.63. The van der Waals surface area contributed by atoms with E-state index in [1.165, 1.54) is 0 Å². The highest BCUT2D eigenvalue weighted by molar-refractivity contribution is 5.50. The molecule has 2 heteroatoms. The topological polar surface area (TPSA) is 29.1 Å². The molecule has 0 unspecified atom stereocenters. The van der Waals surface area contributed by atoms with Crippen molar-refractivity contribution in [2.75, 3.05) is 13.1 Å². The highest BCUT2D eigenvalue weighted by Gasteiger charge is 1.84. The standard InChI is InChI=1S/C7H14NO/c1-2-5-8-6-3-4-7-9/h8H,2-6H2,1H3. The van der Waals surface area contributed by atoms with Crippen molar-refractivity contribution in [3.8, 4) is 0 Å². The zero-order valence-corrected chi connectivity index (χ0v) is 5.94. The molecule has 2 nitrogen and oxygen atoms in total. The van der Waals surface area contributed by atoms with E-state index in [0.29, 0.717) is 6.42 Å². The second-order valence-electron chi connectivity index (χ2n) is 2.00. The SMILES string of the molecule is CCCNCCC[C]=O. The van der Waals surface area contributed by atoms with Crippen LogP contribution in [0.1, 0.15) is 26.2 Å². The van der Waals surface area contributed by atoms with Crippen LogP contribution in [-0.4, -0.2) is 19.4 Å². The summed E-state index contributed by atoms with van der Waals surface area (Å²) in [7, 11) is 0. The van der Waals surface area contributed by atoms with E-state index in [-0.39, 0.29) is 0 Å². The van der Waals surface area contributed by atoms with Gasteiger partial charge in [-0.15, -0.1) is 0 Å². The van der Waals surface area contributed by atoms with Gasteiger partial charge in [-0.1, -0.05) is 6.92 Å². The van der Waals surface area contributed by atoms with Crippen molar-refractivity contribution < 1.29 is 4.79 Å². The maximum absolute atomic E-state index is 9.68. The lowest BCUT2D eigenvalue weighted by Gasteiger charge is -1.97. The van der Waals surface area contributed by atoms with Crippen LogP contribution in [-0.2, 0) is 4.79 Å². The van der Waals surface area contributed by atoms with E-state index in [9.17, 15) is 4.79 Å². The third-order valence-electron chi connectivity index (χ3n) is 1.06. The molecule has 0 amide bonds. The van der Waals surface area contributed by atoms with Gasteiger partial charge in [0.15, 0.2) is 6.29 Å². The molecule has 9 heavy (non-hydrogen) atoms. The number of hydrogen-bond donors (Lipinski definition) is 1. The number of unbranched alkanes of at least 4 members (excludes halogenated alkanes) is 1. The number of rotatable bonds is 6. The van der Waals surface area contributed by atoms with Crippen LogP contribution in [0.2, 0.25) is 0 Å². The van der Waals surface area contributed by atoms with Crippen LogP contribution < -0.4 is 5.32 Å². The van der Waals surface area contributed by atoms with Gasteiger partial charge in [0.2, 0.25) is 0 Å². The van der Waals surface area contributed by atoms with Crippen LogP contribution in [0.25, 0.3) is 0 Å². The Hall–Kier alpha value is -0.370. The summed E-state index contributed by atoms with van der Waals surface area (Å²) in [5.74, 6) is 0. The van der Waals surface area contributed by atoms with Gasteiger partial charge >= 0.3 is 0 Å². The molecular weight excluding hydrogens is 114 g/mol. The molecule has 0 aliphatic heterocycles. The normalized spacial score (nSPS) is 9.44. The lowest BCUT2D eigenvalue weighted by atomic mass is 10.3. The molecule has 0 aromatic heterocycles. The first-order chi connectivity index (χ1) is 4.41. The molecule has 1 N–H and O–H groups in total. The van der Waals surface area contributed by atoms with Crippen molar-refractivity contribution in [1.82, 2.24) is 5.32 Å². The summed E-state index contributed by atoms with van der Waals surface area (Å²) in [6, 6.07) is 0. The molecule has 0 spiro atoms. The van der Waals surface area contributed by atoms with Gasteiger partial charge in [0.25, 0.3) is 0 Å². The van der Waals surface area contributed by atoms with Gasteiger partial charge < -0.3 is 5.32 Å². The summed E-state index contributed by atoms with van der Waals surface area (Å²) in [5, 5.41) is 3.19. The molecular formula is C7H14NO. The quantitative estimate of drug-likeness (QED) is 0.538. The van der Waals surface area contributed by atoms with Crippen molar-refractivity contribution in [3.63, 3.8) is 0 Å². The van der Waals surface area contributed by atoms with E-state index < -0.39 is 0 Å². The Balaban J connectivity index is 2.66. The molecule has 0 aromatic carbocycles. The Morgan fingerprint density at radius 1 is 1.44 bits per heavy atom. The maximum Gasteiger partial charge on any atom is 0.198 e. The van der Waals surface area contributed by atoms with Crippen molar-refractivity contribution in [2.24, 2.45) is 0 Å². The summed E-state index contributed by atoms with van der Waals surface area (Å²) in [6.45, 7) is 4.13. The molecule has 0 aromatic rings. The van der Waals surface area contributed by atoms with Crippen molar-refractivity contribution in [3.05, 3.63) is 0 Å². The minimum Gasteiger partial charge on any atom is -0.317 e. The van der Waals surface area contributed by atoms with E-state index in [2.05, 4.69) is 12.2 Å². The zero-order chi connectivity index (χ0) is 6.95. The Morgan fingerprint density at radius 3 is 2.78 bits per heavy atom. The lowest BCUT2D eigenvalue weighted by molar-refractivity contribution is 0.545. The molecule has 0 bridgehead atoms. The average Bonchev–Trinajstić information content (AvgIpc) is 1.89. The fraction of sp³-hybridized carbons (Fsp3) is 0.857. The Labute approximate surface area is 56.6 Å². The predicted molar refractivity (Wildman–Crippen MR) is 38.1 cm³/mol. The molecule has 0 heterocycles. The monoisotopic (exact) mass is 128 g/mol. The minimum absolute atomic E-state index is 0.566. The van der Waals surface area contributed by atoms with Gasteiger partial charge in [-0.2, -0.15) is 0 Å². The van der Waals surface area contributed by atoms with Crippen LogP contribution in [0.4, 0.5) is 0 Å². The predicted octanol–water partition coefficient (Wildman–Crippen LogP) is 0.876. The van der Waals surface area contributed by atoms with Gasteiger partial charge in [0.1, 0.15) is 0 Å². The second kappa shape index (κ2) is 7.63. The van der Waals surface area contributed by atoms with Gasteiger partial charge in [0.05, 0.1) is 0 Å². The van der Waals surface area contributed by atoms with E-state index in [0.717, 1.165) is 25.9 Å². The smallest absolute Gasteiger partial charge is 0.198 e. The van der Waals surface area contributed by atoms with Gasteiger partial charge in [-0.3, -0.25) is 4.79 Å². The van der Waals surface area contributed by atoms with Crippen LogP contribution in [0.15, 0.2) is 0 Å². The summed E-state index contributed by atoms with van der Waals surface area (Å²) in [6.07, 6.45) is 4.50. The molecule has 1 radical (unpaired) electrons. The van der Waals surface area contributed by atoms with Crippen LogP contribution in [0.3, 0.4) is 0 Å².